The van der Waals surface area contributed by atoms with Crippen LogP contribution in [0, 0.1) is 25.6 Å². The van der Waals surface area contributed by atoms with E-state index in [2.05, 4.69) is 46.7 Å². The first-order chi connectivity index (χ1) is 14.5. The number of piperazine rings is 1. The van der Waals surface area contributed by atoms with Crippen LogP contribution in [-0.2, 0) is 11.3 Å². The molecule has 0 bridgehead atoms. The number of rotatable bonds is 4. The standard InChI is InChI=1S/C25H32FN3O/c1-19-4-3-5-24(20(19)2)28-14-16-29(17-15-28)25(30)22-10-12-27(13-11-22)18-21-6-8-23(26)9-7-21/h3-9,22H,10-18H2,1-2H3. The third-order valence-corrected chi connectivity index (χ3v) is 6.76. The zero-order valence-electron chi connectivity index (χ0n) is 18.1. The molecule has 0 aromatic heterocycles. The third kappa shape index (κ3) is 4.67. The average Bonchev–Trinajstić information content (AvgIpc) is 2.77. The fourth-order valence-electron chi connectivity index (χ4n) is 4.69. The Kier molecular flexibility index (Phi) is 6.38. The van der Waals surface area contributed by atoms with Gasteiger partial charge < -0.3 is 9.80 Å². The molecule has 1 amide bonds. The Morgan fingerprint density at radius 1 is 0.933 bits per heavy atom. The van der Waals surface area contributed by atoms with Gasteiger partial charge in [-0.1, -0.05) is 24.3 Å². The van der Waals surface area contributed by atoms with Gasteiger partial charge >= 0.3 is 0 Å². The molecule has 0 saturated carbocycles. The van der Waals surface area contributed by atoms with Crippen LogP contribution in [0.1, 0.15) is 29.5 Å². The summed E-state index contributed by atoms with van der Waals surface area (Å²) in [5, 5.41) is 0. The van der Waals surface area contributed by atoms with Crippen molar-refractivity contribution in [1.82, 2.24) is 9.80 Å². The molecule has 0 atom stereocenters. The van der Waals surface area contributed by atoms with Crippen molar-refractivity contribution >= 4 is 11.6 Å². The SMILES string of the molecule is Cc1cccc(N2CCN(C(=O)C3CCN(Cc4ccc(F)cc4)CC3)CC2)c1C. The van der Waals surface area contributed by atoms with Gasteiger partial charge in [-0.25, -0.2) is 4.39 Å². The Balaban J connectivity index is 1.26. The summed E-state index contributed by atoms with van der Waals surface area (Å²) in [5.74, 6) is 0.277. The van der Waals surface area contributed by atoms with Crippen molar-refractivity contribution in [3.8, 4) is 0 Å². The van der Waals surface area contributed by atoms with Crippen molar-refractivity contribution in [2.45, 2.75) is 33.2 Å². The Hall–Kier alpha value is -2.40. The molecule has 2 aliphatic rings. The first-order valence-corrected chi connectivity index (χ1v) is 11.1. The van der Waals surface area contributed by atoms with Crippen LogP contribution in [0.3, 0.4) is 0 Å². The molecule has 0 spiro atoms. The number of carbonyl (C=O) groups excluding carboxylic acids is 1. The molecule has 0 aliphatic carbocycles. The lowest BCUT2D eigenvalue weighted by atomic mass is 9.94. The molecule has 2 saturated heterocycles. The van der Waals surface area contributed by atoms with Gasteiger partial charge in [0.15, 0.2) is 0 Å². The Bertz CT molecular complexity index is 866. The van der Waals surface area contributed by atoms with Crippen molar-refractivity contribution in [2.24, 2.45) is 5.92 Å². The average molecular weight is 410 g/mol. The summed E-state index contributed by atoms with van der Waals surface area (Å²) < 4.78 is 13.1. The maximum absolute atomic E-state index is 13.1. The summed E-state index contributed by atoms with van der Waals surface area (Å²) in [4.78, 5) is 19.9. The molecular formula is C25H32FN3O. The Morgan fingerprint density at radius 2 is 1.60 bits per heavy atom. The number of benzene rings is 2. The quantitative estimate of drug-likeness (QED) is 0.764. The Morgan fingerprint density at radius 3 is 2.27 bits per heavy atom. The van der Waals surface area contributed by atoms with E-state index in [0.29, 0.717) is 5.91 Å². The third-order valence-electron chi connectivity index (χ3n) is 6.76. The summed E-state index contributed by atoms with van der Waals surface area (Å²) in [6.07, 6.45) is 1.83. The number of hydrogen-bond donors (Lipinski definition) is 0. The topological polar surface area (TPSA) is 26.8 Å². The fraction of sp³-hybridized carbons (Fsp3) is 0.480. The molecule has 5 heteroatoms. The van der Waals surface area contributed by atoms with E-state index in [1.165, 1.54) is 28.9 Å². The highest BCUT2D eigenvalue weighted by Crippen LogP contribution is 2.26. The summed E-state index contributed by atoms with van der Waals surface area (Å²) >= 11 is 0. The lowest BCUT2D eigenvalue weighted by Crippen LogP contribution is -2.51. The van der Waals surface area contributed by atoms with Gasteiger partial charge in [-0.2, -0.15) is 0 Å². The van der Waals surface area contributed by atoms with E-state index in [1.807, 2.05) is 12.1 Å². The largest absolute Gasteiger partial charge is 0.368 e. The molecular weight excluding hydrogens is 377 g/mol. The molecule has 2 aliphatic heterocycles. The van der Waals surface area contributed by atoms with Crippen LogP contribution in [0.5, 0.6) is 0 Å². The van der Waals surface area contributed by atoms with Gasteiger partial charge in [0.25, 0.3) is 0 Å². The number of hydrogen-bond acceptors (Lipinski definition) is 3. The molecule has 2 aromatic carbocycles. The number of carbonyl (C=O) groups is 1. The van der Waals surface area contributed by atoms with Crippen molar-refractivity contribution in [3.05, 3.63) is 65.0 Å². The van der Waals surface area contributed by atoms with E-state index < -0.39 is 0 Å². The maximum Gasteiger partial charge on any atom is 0.225 e. The van der Waals surface area contributed by atoms with Gasteiger partial charge in [-0.15, -0.1) is 0 Å². The highest BCUT2D eigenvalue weighted by molar-refractivity contribution is 5.79. The first kappa shape index (κ1) is 20.9. The summed E-state index contributed by atoms with van der Waals surface area (Å²) in [6.45, 7) is 10.4. The molecule has 160 valence electrons. The number of nitrogens with zero attached hydrogens (tertiary/aromatic N) is 3. The van der Waals surface area contributed by atoms with Gasteiger partial charge in [0.2, 0.25) is 5.91 Å². The van der Waals surface area contributed by atoms with Gasteiger partial charge in [0, 0.05) is 44.3 Å². The molecule has 2 aromatic rings. The number of piperidine rings is 1. The van der Waals surface area contributed by atoms with E-state index >= 15 is 0 Å². The van der Waals surface area contributed by atoms with Crippen LogP contribution in [0.15, 0.2) is 42.5 Å². The molecule has 2 fully saturated rings. The maximum atomic E-state index is 13.1. The van der Waals surface area contributed by atoms with Crippen LogP contribution < -0.4 is 4.90 Å². The highest BCUT2D eigenvalue weighted by atomic mass is 19.1. The summed E-state index contributed by atoms with van der Waals surface area (Å²) in [7, 11) is 0. The predicted octanol–water partition coefficient (Wildman–Crippen LogP) is 4.00. The monoisotopic (exact) mass is 409 g/mol. The van der Waals surface area contributed by atoms with Gasteiger partial charge in [0.1, 0.15) is 5.82 Å². The van der Waals surface area contributed by atoms with Gasteiger partial charge in [-0.3, -0.25) is 9.69 Å². The second-order valence-corrected chi connectivity index (χ2v) is 8.71. The van der Waals surface area contributed by atoms with Crippen molar-refractivity contribution in [2.75, 3.05) is 44.2 Å². The molecule has 0 N–H and O–H groups in total. The van der Waals surface area contributed by atoms with E-state index in [0.717, 1.165) is 64.2 Å². The molecule has 30 heavy (non-hydrogen) atoms. The van der Waals surface area contributed by atoms with Gasteiger partial charge in [0.05, 0.1) is 0 Å². The minimum atomic E-state index is -0.194. The first-order valence-electron chi connectivity index (χ1n) is 11.1. The van der Waals surface area contributed by atoms with Crippen molar-refractivity contribution in [3.63, 3.8) is 0 Å². The smallest absolute Gasteiger partial charge is 0.225 e. The Labute approximate surface area is 179 Å². The normalized spacial score (nSPS) is 18.6. The van der Waals surface area contributed by atoms with Crippen LogP contribution >= 0.6 is 0 Å². The minimum Gasteiger partial charge on any atom is -0.368 e. The van der Waals surface area contributed by atoms with Gasteiger partial charge in [-0.05, 0) is 74.7 Å². The molecule has 4 rings (SSSR count). The van der Waals surface area contributed by atoms with Crippen molar-refractivity contribution in [1.29, 1.82) is 0 Å². The number of anilines is 1. The minimum absolute atomic E-state index is 0.140. The summed E-state index contributed by atoms with van der Waals surface area (Å²) in [6, 6.07) is 13.2. The molecule has 4 nitrogen and oxygen atoms in total. The number of likely N-dealkylation sites (tertiary alicyclic amines) is 1. The highest BCUT2D eigenvalue weighted by Gasteiger charge is 2.30. The van der Waals surface area contributed by atoms with Crippen molar-refractivity contribution < 1.29 is 9.18 Å². The lowest BCUT2D eigenvalue weighted by Gasteiger charge is -2.40. The second kappa shape index (κ2) is 9.17. The molecule has 0 radical (unpaired) electrons. The van der Waals surface area contributed by atoms with Crippen LogP contribution in [-0.4, -0.2) is 55.0 Å². The number of aryl methyl sites for hydroxylation is 1. The molecule has 2 heterocycles. The number of halogens is 1. The van der Waals surface area contributed by atoms with Crippen LogP contribution in [0.4, 0.5) is 10.1 Å². The van der Waals surface area contributed by atoms with E-state index in [1.54, 1.807) is 0 Å². The summed E-state index contributed by atoms with van der Waals surface area (Å²) in [5.41, 5.74) is 5.09. The van der Waals surface area contributed by atoms with E-state index in [-0.39, 0.29) is 11.7 Å². The van der Waals surface area contributed by atoms with Crippen LogP contribution in [0.25, 0.3) is 0 Å². The predicted molar refractivity (Wildman–Crippen MR) is 119 cm³/mol. The second-order valence-electron chi connectivity index (χ2n) is 8.71. The van der Waals surface area contributed by atoms with E-state index in [9.17, 15) is 9.18 Å². The zero-order valence-corrected chi connectivity index (χ0v) is 18.1. The van der Waals surface area contributed by atoms with E-state index in [4.69, 9.17) is 0 Å². The van der Waals surface area contributed by atoms with Crippen LogP contribution in [0.2, 0.25) is 0 Å². The fourth-order valence-corrected chi connectivity index (χ4v) is 4.69. The lowest BCUT2D eigenvalue weighted by molar-refractivity contribution is -0.137. The molecule has 0 unspecified atom stereocenters. The number of amides is 1. The zero-order chi connectivity index (χ0) is 21.1.